The number of halogens is 2. The van der Waals surface area contributed by atoms with Crippen LogP contribution in [0.25, 0.3) is 0 Å². The lowest BCUT2D eigenvalue weighted by Crippen LogP contribution is -2.03. The van der Waals surface area contributed by atoms with Gasteiger partial charge in [0.05, 0.1) is 0 Å². The molecule has 0 fully saturated rings. The van der Waals surface area contributed by atoms with Gasteiger partial charge in [-0.05, 0) is 6.42 Å². The lowest BCUT2D eigenvalue weighted by molar-refractivity contribution is 0.146. The molecule has 0 radical (unpaired) electrons. The van der Waals surface area contributed by atoms with Gasteiger partial charge in [0.25, 0.3) is 6.43 Å². The number of anilines is 1. The minimum atomic E-state index is -2.54. The van der Waals surface area contributed by atoms with Gasteiger partial charge in [-0.3, -0.25) is 0 Å². The third kappa shape index (κ3) is 2.93. The first-order valence-electron chi connectivity index (χ1n) is 4.08. The Balaban J connectivity index is 2.68. The summed E-state index contributed by atoms with van der Waals surface area (Å²) in [6.07, 6.45) is -0.474. The second kappa shape index (κ2) is 4.69. The summed E-state index contributed by atoms with van der Waals surface area (Å²) in [5.41, 5.74) is -0.242. The fraction of sp³-hybridized carbons (Fsp3) is 0.500. The van der Waals surface area contributed by atoms with Crippen LogP contribution < -0.4 is 5.32 Å². The summed E-state index contributed by atoms with van der Waals surface area (Å²) < 4.78 is 24.3. The Hall–Kier alpha value is -1.26. The van der Waals surface area contributed by atoms with E-state index in [9.17, 15) is 8.78 Å². The minimum Gasteiger partial charge on any atom is -0.370 e. The standard InChI is InChI=1S/C8H11F2N3/c1-2-3-11-7-4-6(8(9)10)12-5-13-7/h4-5,8H,2-3H2,1H3,(H,11,12,13). The molecule has 1 aromatic heterocycles. The first-order chi connectivity index (χ1) is 6.24. The summed E-state index contributed by atoms with van der Waals surface area (Å²) in [6.45, 7) is 2.71. The van der Waals surface area contributed by atoms with Crippen molar-refractivity contribution in [3.8, 4) is 0 Å². The zero-order chi connectivity index (χ0) is 9.68. The Morgan fingerprint density at radius 3 is 2.85 bits per heavy atom. The molecule has 1 rings (SSSR count). The van der Waals surface area contributed by atoms with Crippen LogP contribution in [0.5, 0.6) is 0 Å². The summed E-state index contributed by atoms with van der Waals surface area (Å²) >= 11 is 0. The molecule has 1 aromatic rings. The maximum atomic E-state index is 12.2. The highest BCUT2D eigenvalue weighted by atomic mass is 19.3. The van der Waals surface area contributed by atoms with E-state index in [2.05, 4.69) is 15.3 Å². The molecule has 13 heavy (non-hydrogen) atoms. The molecule has 0 aromatic carbocycles. The Morgan fingerprint density at radius 2 is 2.23 bits per heavy atom. The molecule has 0 aliphatic heterocycles. The molecule has 1 N–H and O–H groups in total. The number of alkyl halides is 2. The molecule has 0 saturated carbocycles. The summed E-state index contributed by atoms with van der Waals surface area (Å²) in [7, 11) is 0. The molecule has 0 bridgehead atoms. The summed E-state index contributed by atoms with van der Waals surface area (Å²) in [4.78, 5) is 7.25. The van der Waals surface area contributed by atoms with E-state index in [0.717, 1.165) is 19.3 Å². The molecule has 0 aliphatic carbocycles. The van der Waals surface area contributed by atoms with Crippen LogP contribution >= 0.6 is 0 Å². The second-order valence-corrected chi connectivity index (χ2v) is 2.56. The van der Waals surface area contributed by atoms with Crippen LogP contribution in [0.4, 0.5) is 14.6 Å². The largest absolute Gasteiger partial charge is 0.370 e. The van der Waals surface area contributed by atoms with Gasteiger partial charge in [0, 0.05) is 12.6 Å². The van der Waals surface area contributed by atoms with Crippen molar-refractivity contribution >= 4 is 5.82 Å². The van der Waals surface area contributed by atoms with E-state index < -0.39 is 6.43 Å². The fourth-order valence-corrected chi connectivity index (χ4v) is 0.841. The number of nitrogens with zero attached hydrogens (tertiary/aromatic N) is 2. The van der Waals surface area contributed by atoms with Crippen LogP contribution in [0.3, 0.4) is 0 Å². The van der Waals surface area contributed by atoms with Gasteiger partial charge < -0.3 is 5.32 Å². The Kier molecular flexibility index (Phi) is 3.54. The average Bonchev–Trinajstić information content (AvgIpc) is 2.15. The maximum Gasteiger partial charge on any atom is 0.280 e. The smallest absolute Gasteiger partial charge is 0.280 e. The minimum absolute atomic E-state index is 0.242. The number of aromatic nitrogens is 2. The Morgan fingerprint density at radius 1 is 1.46 bits per heavy atom. The van der Waals surface area contributed by atoms with Crippen molar-refractivity contribution in [1.82, 2.24) is 9.97 Å². The average molecular weight is 187 g/mol. The molecule has 5 heteroatoms. The topological polar surface area (TPSA) is 37.8 Å². The van der Waals surface area contributed by atoms with E-state index >= 15 is 0 Å². The van der Waals surface area contributed by atoms with Crippen LogP contribution in [0.1, 0.15) is 25.5 Å². The van der Waals surface area contributed by atoms with Gasteiger partial charge in [-0.15, -0.1) is 0 Å². The summed E-state index contributed by atoms with van der Waals surface area (Å²) in [5.74, 6) is 0.451. The Bertz CT molecular complexity index is 265. The number of nitrogens with one attached hydrogen (secondary N) is 1. The second-order valence-electron chi connectivity index (χ2n) is 2.56. The molecular formula is C8H11F2N3. The van der Waals surface area contributed by atoms with Crippen molar-refractivity contribution in [3.63, 3.8) is 0 Å². The molecule has 0 saturated heterocycles. The van der Waals surface area contributed by atoms with Gasteiger partial charge in [0.15, 0.2) is 0 Å². The summed E-state index contributed by atoms with van der Waals surface area (Å²) in [6, 6.07) is 1.26. The third-order valence-electron chi connectivity index (χ3n) is 1.47. The molecule has 72 valence electrons. The van der Waals surface area contributed by atoms with Crippen LogP contribution in [0.15, 0.2) is 12.4 Å². The van der Waals surface area contributed by atoms with E-state index in [1.54, 1.807) is 0 Å². The van der Waals surface area contributed by atoms with Crippen molar-refractivity contribution in [2.24, 2.45) is 0 Å². The summed E-state index contributed by atoms with van der Waals surface area (Å²) in [5, 5.41) is 2.91. The fourth-order valence-electron chi connectivity index (χ4n) is 0.841. The quantitative estimate of drug-likeness (QED) is 0.785. The molecule has 3 nitrogen and oxygen atoms in total. The molecule has 0 aliphatic rings. The lowest BCUT2D eigenvalue weighted by Gasteiger charge is -2.04. The normalized spacial score (nSPS) is 10.5. The first-order valence-corrected chi connectivity index (χ1v) is 4.08. The number of hydrogen-bond acceptors (Lipinski definition) is 3. The molecule has 0 unspecified atom stereocenters. The van der Waals surface area contributed by atoms with E-state index in [4.69, 9.17) is 0 Å². The van der Waals surface area contributed by atoms with Gasteiger partial charge in [-0.25, -0.2) is 18.7 Å². The molecule has 0 spiro atoms. The number of rotatable bonds is 4. The predicted molar refractivity (Wildman–Crippen MR) is 45.8 cm³/mol. The first kappa shape index (κ1) is 9.83. The Labute approximate surface area is 75.2 Å². The van der Waals surface area contributed by atoms with Crippen LogP contribution in [-0.2, 0) is 0 Å². The van der Waals surface area contributed by atoms with Crippen molar-refractivity contribution < 1.29 is 8.78 Å². The highest BCUT2D eigenvalue weighted by molar-refractivity contribution is 5.34. The maximum absolute atomic E-state index is 12.2. The van der Waals surface area contributed by atoms with E-state index in [-0.39, 0.29) is 5.69 Å². The highest BCUT2D eigenvalue weighted by Gasteiger charge is 2.08. The molecule has 1 heterocycles. The van der Waals surface area contributed by atoms with Crippen molar-refractivity contribution in [1.29, 1.82) is 0 Å². The molecular weight excluding hydrogens is 176 g/mol. The van der Waals surface area contributed by atoms with E-state index in [1.165, 1.54) is 6.07 Å². The molecule has 0 atom stereocenters. The molecule has 0 amide bonds. The number of hydrogen-bond donors (Lipinski definition) is 1. The predicted octanol–water partition coefficient (Wildman–Crippen LogP) is 2.24. The van der Waals surface area contributed by atoms with Crippen LogP contribution in [0, 0.1) is 0 Å². The van der Waals surface area contributed by atoms with Crippen molar-refractivity contribution in [3.05, 3.63) is 18.1 Å². The monoisotopic (exact) mass is 187 g/mol. The zero-order valence-corrected chi connectivity index (χ0v) is 7.30. The van der Waals surface area contributed by atoms with Crippen molar-refractivity contribution in [2.45, 2.75) is 19.8 Å². The highest BCUT2D eigenvalue weighted by Crippen LogP contribution is 2.17. The van der Waals surface area contributed by atoms with Gasteiger partial charge in [-0.1, -0.05) is 6.92 Å². The van der Waals surface area contributed by atoms with Gasteiger partial charge in [0.2, 0.25) is 0 Å². The van der Waals surface area contributed by atoms with Gasteiger partial charge in [-0.2, -0.15) is 0 Å². The van der Waals surface area contributed by atoms with Crippen LogP contribution in [0.2, 0.25) is 0 Å². The SMILES string of the molecule is CCCNc1cc(C(F)F)ncn1. The zero-order valence-electron chi connectivity index (χ0n) is 7.30. The van der Waals surface area contributed by atoms with Gasteiger partial charge in [0.1, 0.15) is 17.8 Å². The third-order valence-corrected chi connectivity index (χ3v) is 1.47. The lowest BCUT2D eigenvalue weighted by atomic mass is 10.4. The van der Waals surface area contributed by atoms with E-state index in [0.29, 0.717) is 5.82 Å². The van der Waals surface area contributed by atoms with Crippen LogP contribution in [-0.4, -0.2) is 16.5 Å². The van der Waals surface area contributed by atoms with Crippen molar-refractivity contribution in [2.75, 3.05) is 11.9 Å². The van der Waals surface area contributed by atoms with E-state index in [1.807, 2.05) is 6.92 Å². The van der Waals surface area contributed by atoms with Gasteiger partial charge >= 0.3 is 0 Å².